The molecule has 0 saturated heterocycles. The first-order chi connectivity index (χ1) is 10.7. The van der Waals surface area contributed by atoms with Crippen molar-refractivity contribution in [1.29, 1.82) is 0 Å². The normalized spacial score (nSPS) is 17.5. The summed E-state index contributed by atoms with van der Waals surface area (Å²) in [6.07, 6.45) is 3.98. The molecule has 0 fully saturated rings. The molecule has 1 unspecified atom stereocenters. The van der Waals surface area contributed by atoms with E-state index in [0.717, 1.165) is 29.7 Å². The molecule has 3 nitrogen and oxygen atoms in total. The number of aromatic carboxylic acids is 1. The molecule has 0 saturated carbocycles. The number of nitrogens with one attached hydrogen (secondary N) is 1. The Kier molecular flexibility index (Phi) is 3.96. The summed E-state index contributed by atoms with van der Waals surface area (Å²) in [6.45, 7) is 1.97. The van der Waals surface area contributed by atoms with Crippen LogP contribution in [0.25, 0.3) is 5.57 Å². The van der Waals surface area contributed by atoms with E-state index < -0.39 is 5.97 Å². The van der Waals surface area contributed by atoms with E-state index in [1.54, 1.807) is 12.1 Å². The average Bonchev–Trinajstić information content (AvgIpc) is 2.56. The Morgan fingerprint density at radius 3 is 2.55 bits per heavy atom. The predicted molar refractivity (Wildman–Crippen MR) is 89.2 cm³/mol. The molecular formula is C19H19NO2. The molecule has 2 N–H and O–H groups in total. The predicted octanol–water partition coefficient (Wildman–Crippen LogP) is 4.22. The van der Waals surface area contributed by atoms with Crippen molar-refractivity contribution in [3.8, 4) is 0 Å². The van der Waals surface area contributed by atoms with Gasteiger partial charge in [0.15, 0.2) is 0 Å². The topological polar surface area (TPSA) is 49.3 Å². The number of hydrogen-bond donors (Lipinski definition) is 2. The second-order valence-electron chi connectivity index (χ2n) is 5.49. The summed E-state index contributed by atoms with van der Waals surface area (Å²) in [6, 6.07) is 15.6. The first kappa shape index (κ1) is 14.4. The van der Waals surface area contributed by atoms with Crippen LogP contribution in [0.3, 0.4) is 0 Å². The van der Waals surface area contributed by atoms with Gasteiger partial charge < -0.3 is 10.4 Å². The fraction of sp³-hybridized carbons (Fsp3) is 0.211. The number of carboxylic acid groups (broad SMARTS) is 1. The van der Waals surface area contributed by atoms with Crippen LogP contribution in [0.1, 0.15) is 34.8 Å². The van der Waals surface area contributed by atoms with Crippen molar-refractivity contribution in [1.82, 2.24) is 0 Å². The molecule has 3 heteroatoms. The van der Waals surface area contributed by atoms with E-state index in [1.165, 1.54) is 5.56 Å². The van der Waals surface area contributed by atoms with Crippen LogP contribution in [0.4, 0.5) is 5.69 Å². The molecule has 1 aliphatic rings. The number of anilines is 1. The smallest absolute Gasteiger partial charge is 0.336 e. The standard InChI is InChI=1S/C19H19NO2/c1-2-14(15-8-4-5-9-16(15)19(21)22)18-12-11-13-7-3-6-10-17(13)20-18/h2-10,18,20H,11-12H2,1H3,(H,21,22). The SMILES string of the molecule is CC=C(c1ccccc1C(=O)O)C1CCc2ccccc2N1. The maximum atomic E-state index is 11.5. The number of fused-ring (bicyclic) bond motifs is 1. The molecule has 2 aromatic carbocycles. The van der Waals surface area contributed by atoms with E-state index in [2.05, 4.69) is 23.5 Å². The van der Waals surface area contributed by atoms with Crippen molar-refractivity contribution in [2.45, 2.75) is 25.8 Å². The number of allylic oxidation sites excluding steroid dienone is 1. The number of para-hydroxylation sites is 1. The number of carboxylic acids is 1. The van der Waals surface area contributed by atoms with Gasteiger partial charge in [0.05, 0.1) is 11.6 Å². The van der Waals surface area contributed by atoms with E-state index in [-0.39, 0.29) is 6.04 Å². The Morgan fingerprint density at radius 2 is 1.82 bits per heavy atom. The zero-order valence-electron chi connectivity index (χ0n) is 12.5. The molecule has 112 valence electrons. The number of hydrogen-bond acceptors (Lipinski definition) is 2. The molecule has 22 heavy (non-hydrogen) atoms. The van der Waals surface area contributed by atoms with E-state index in [9.17, 15) is 9.90 Å². The Morgan fingerprint density at radius 1 is 1.14 bits per heavy atom. The summed E-state index contributed by atoms with van der Waals surface area (Å²) >= 11 is 0. The molecule has 2 aromatic rings. The van der Waals surface area contributed by atoms with Gasteiger partial charge in [0.2, 0.25) is 0 Å². The number of rotatable bonds is 3. The largest absolute Gasteiger partial charge is 0.478 e. The minimum absolute atomic E-state index is 0.139. The van der Waals surface area contributed by atoms with Crippen LogP contribution < -0.4 is 5.32 Å². The lowest BCUT2D eigenvalue weighted by Crippen LogP contribution is -2.27. The Hall–Kier alpha value is -2.55. The molecule has 0 amide bonds. The van der Waals surface area contributed by atoms with Gasteiger partial charge >= 0.3 is 5.97 Å². The van der Waals surface area contributed by atoms with Crippen LogP contribution in [0.5, 0.6) is 0 Å². The van der Waals surface area contributed by atoms with Crippen molar-refractivity contribution in [2.75, 3.05) is 5.32 Å². The van der Waals surface area contributed by atoms with Crippen LogP contribution in [-0.4, -0.2) is 17.1 Å². The molecule has 0 aromatic heterocycles. The lowest BCUT2D eigenvalue weighted by molar-refractivity contribution is 0.0696. The quantitative estimate of drug-likeness (QED) is 0.891. The molecule has 1 atom stereocenters. The van der Waals surface area contributed by atoms with Crippen molar-refractivity contribution in [3.05, 3.63) is 71.3 Å². The van der Waals surface area contributed by atoms with Gasteiger partial charge in [-0.1, -0.05) is 42.5 Å². The van der Waals surface area contributed by atoms with Gasteiger partial charge in [-0.25, -0.2) is 4.79 Å². The van der Waals surface area contributed by atoms with Crippen LogP contribution in [-0.2, 0) is 6.42 Å². The summed E-state index contributed by atoms with van der Waals surface area (Å²) in [4.78, 5) is 11.5. The summed E-state index contributed by atoms with van der Waals surface area (Å²) in [7, 11) is 0. The maximum absolute atomic E-state index is 11.5. The molecule has 0 bridgehead atoms. The summed E-state index contributed by atoms with van der Waals surface area (Å²) in [5.41, 5.74) is 4.67. The fourth-order valence-electron chi connectivity index (χ4n) is 3.14. The van der Waals surface area contributed by atoms with Gasteiger partial charge in [0.1, 0.15) is 0 Å². The molecule has 3 rings (SSSR count). The number of benzene rings is 2. The first-order valence-electron chi connectivity index (χ1n) is 7.54. The van der Waals surface area contributed by atoms with Gasteiger partial charge in [-0.3, -0.25) is 0 Å². The average molecular weight is 293 g/mol. The second-order valence-corrected chi connectivity index (χ2v) is 5.49. The van der Waals surface area contributed by atoms with Crippen LogP contribution in [0.2, 0.25) is 0 Å². The van der Waals surface area contributed by atoms with Crippen LogP contribution in [0.15, 0.2) is 54.6 Å². The van der Waals surface area contributed by atoms with E-state index in [4.69, 9.17) is 0 Å². The van der Waals surface area contributed by atoms with Gasteiger partial charge in [0.25, 0.3) is 0 Å². The minimum Gasteiger partial charge on any atom is -0.478 e. The highest BCUT2D eigenvalue weighted by molar-refractivity contribution is 5.95. The van der Waals surface area contributed by atoms with Crippen molar-refractivity contribution >= 4 is 17.2 Å². The summed E-state index contributed by atoms with van der Waals surface area (Å²) < 4.78 is 0. The lowest BCUT2D eigenvalue weighted by atomic mass is 9.87. The number of aryl methyl sites for hydroxylation is 1. The second kappa shape index (κ2) is 6.06. The third-order valence-electron chi connectivity index (χ3n) is 4.20. The monoisotopic (exact) mass is 293 g/mol. The van der Waals surface area contributed by atoms with Crippen molar-refractivity contribution in [2.24, 2.45) is 0 Å². The van der Waals surface area contributed by atoms with E-state index in [1.807, 2.05) is 31.2 Å². The summed E-state index contributed by atoms with van der Waals surface area (Å²) in [5, 5.41) is 13.0. The third kappa shape index (κ3) is 2.62. The van der Waals surface area contributed by atoms with Gasteiger partial charge in [-0.05, 0) is 48.6 Å². The van der Waals surface area contributed by atoms with Gasteiger partial charge in [0, 0.05) is 5.69 Å². The third-order valence-corrected chi connectivity index (χ3v) is 4.20. The maximum Gasteiger partial charge on any atom is 0.336 e. The Balaban J connectivity index is 1.96. The highest BCUT2D eigenvalue weighted by Crippen LogP contribution is 2.32. The van der Waals surface area contributed by atoms with E-state index >= 15 is 0 Å². The molecule has 0 aliphatic carbocycles. The highest BCUT2D eigenvalue weighted by Gasteiger charge is 2.23. The molecule has 0 spiro atoms. The highest BCUT2D eigenvalue weighted by atomic mass is 16.4. The van der Waals surface area contributed by atoms with Crippen LogP contribution >= 0.6 is 0 Å². The number of carbonyl (C=O) groups is 1. The van der Waals surface area contributed by atoms with Gasteiger partial charge in [-0.2, -0.15) is 0 Å². The zero-order chi connectivity index (χ0) is 15.5. The van der Waals surface area contributed by atoms with Crippen molar-refractivity contribution < 1.29 is 9.90 Å². The zero-order valence-corrected chi connectivity index (χ0v) is 12.5. The first-order valence-corrected chi connectivity index (χ1v) is 7.54. The van der Waals surface area contributed by atoms with Crippen molar-refractivity contribution in [3.63, 3.8) is 0 Å². The van der Waals surface area contributed by atoms with Gasteiger partial charge in [-0.15, -0.1) is 0 Å². The Labute approximate surface area is 130 Å². The molecular weight excluding hydrogens is 274 g/mol. The molecule has 1 heterocycles. The molecule has 0 radical (unpaired) electrons. The van der Waals surface area contributed by atoms with Crippen LogP contribution in [0, 0.1) is 0 Å². The molecule has 1 aliphatic heterocycles. The Bertz CT molecular complexity index is 734. The fourth-order valence-corrected chi connectivity index (χ4v) is 3.14. The summed E-state index contributed by atoms with van der Waals surface area (Å²) in [5.74, 6) is -0.883. The minimum atomic E-state index is -0.883. The van der Waals surface area contributed by atoms with E-state index in [0.29, 0.717) is 5.56 Å². The lowest BCUT2D eigenvalue weighted by Gasteiger charge is -2.29.